The van der Waals surface area contributed by atoms with Gasteiger partial charge in [-0.05, 0) is 93.0 Å². The fourth-order valence-corrected chi connectivity index (χ4v) is 11.4. The smallest absolute Gasteiger partial charge is 0.268 e. The Hall–Kier alpha value is -7.21. The molecular formula is C52H32B2N2O2S. The number of anilines is 6. The molecule has 0 saturated heterocycles. The van der Waals surface area contributed by atoms with E-state index in [9.17, 15) is 0 Å². The van der Waals surface area contributed by atoms with Crippen LogP contribution >= 0.6 is 11.3 Å². The van der Waals surface area contributed by atoms with Gasteiger partial charge in [0, 0.05) is 49.7 Å². The van der Waals surface area contributed by atoms with E-state index in [-0.39, 0.29) is 13.4 Å². The summed E-state index contributed by atoms with van der Waals surface area (Å²) in [4.78, 5) is 6.12. The SMILES string of the molecule is c1ccc(-c2sc3c(c2-c2ccccc2)N(c2ccccc2)c2cccc4c2B3c2cc3c(cc2O4)Oc2cccc4c2B3c2ccccc2N4c2ccccc2)cc1. The van der Waals surface area contributed by atoms with Gasteiger partial charge in [-0.1, -0.05) is 133 Å². The lowest BCUT2D eigenvalue weighted by atomic mass is 9.32. The molecule has 0 unspecified atom stereocenters. The van der Waals surface area contributed by atoms with E-state index in [2.05, 4.69) is 204 Å². The second kappa shape index (κ2) is 12.6. The molecule has 1 aromatic heterocycles. The first-order chi connectivity index (χ1) is 29.3. The molecule has 0 N–H and O–H groups in total. The normalized spacial score (nSPS) is 13.6. The third-order valence-corrected chi connectivity index (χ3v) is 13.7. The zero-order valence-electron chi connectivity index (χ0n) is 31.7. The van der Waals surface area contributed by atoms with Crippen molar-refractivity contribution >= 4 is 91.0 Å². The second-order valence-corrected chi connectivity index (χ2v) is 16.6. The first kappa shape index (κ1) is 32.8. The fraction of sp³-hybridized carbons (Fsp3) is 0. The van der Waals surface area contributed by atoms with Crippen LogP contribution in [0.2, 0.25) is 0 Å². The summed E-state index contributed by atoms with van der Waals surface area (Å²) in [6.45, 7) is -0.110. The van der Waals surface area contributed by atoms with Gasteiger partial charge in [-0.3, -0.25) is 0 Å². The van der Waals surface area contributed by atoms with Gasteiger partial charge < -0.3 is 19.3 Å². The van der Waals surface area contributed by atoms with Crippen molar-refractivity contribution in [3.05, 3.63) is 194 Å². The number of hydrogen-bond donors (Lipinski definition) is 0. The molecule has 4 nitrogen and oxygen atoms in total. The molecule has 0 bridgehead atoms. The van der Waals surface area contributed by atoms with Crippen molar-refractivity contribution in [1.29, 1.82) is 0 Å². The van der Waals surface area contributed by atoms with E-state index in [0.717, 1.165) is 56.7 Å². The molecule has 4 aliphatic heterocycles. The van der Waals surface area contributed by atoms with Gasteiger partial charge in [0.25, 0.3) is 13.4 Å². The Balaban J connectivity index is 1.08. The lowest BCUT2D eigenvalue weighted by Gasteiger charge is -2.41. The summed E-state index contributed by atoms with van der Waals surface area (Å²) in [6, 6.07) is 69.7. The number of thiophene rings is 1. The van der Waals surface area contributed by atoms with E-state index in [0.29, 0.717) is 0 Å². The molecule has 9 aromatic rings. The molecule has 0 spiro atoms. The summed E-state index contributed by atoms with van der Waals surface area (Å²) < 4.78 is 15.3. The van der Waals surface area contributed by atoms with Crippen LogP contribution in [0, 0.1) is 0 Å². The third-order valence-electron chi connectivity index (χ3n) is 12.4. The maximum atomic E-state index is 7.02. The number of nitrogens with zero attached hydrogens (tertiary/aromatic N) is 2. The minimum Gasteiger partial charge on any atom is -0.458 e. The van der Waals surface area contributed by atoms with Gasteiger partial charge in [-0.25, -0.2) is 0 Å². The van der Waals surface area contributed by atoms with E-state index in [1.807, 2.05) is 11.3 Å². The molecule has 0 amide bonds. The lowest BCUT2D eigenvalue weighted by molar-refractivity contribution is 0.466. The van der Waals surface area contributed by atoms with Crippen LogP contribution in [-0.2, 0) is 0 Å². The second-order valence-electron chi connectivity index (χ2n) is 15.5. The number of hydrogen-bond acceptors (Lipinski definition) is 5. The summed E-state index contributed by atoms with van der Waals surface area (Å²) in [6.07, 6.45) is 0. The number of para-hydroxylation sites is 3. The van der Waals surface area contributed by atoms with Crippen LogP contribution in [0.4, 0.5) is 34.1 Å². The Morgan fingerprint density at radius 1 is 0.390 bits per heavy atom. The highest BCUT2D eigenvalue weighted by Crippen LogP contribution is 2.51. The molecule has 7 heteroatoms. The average Bonchev–Trinajstić information content (AvgIpc) is 3.70. The number of ether oxygens (including phenoxy) is 2. The van der Waals surface area contributed by atoms with Gasteiger partial charge in [0.2, 0.25) is 0 Å². The van der Waals surface area contributed by atoms with Gasteiger partial charge in [-0.2, -0.15) is 0 Å². The molecule has 0 radical (unpaired) electrons. The Bertz CT molecular complexity index is 3140. The number of fused-ring (bicyclic) bond motifs is 8. The van der Waals surface area contributed by atoms with Crippen molar-refractivity contribution in [2.24, 2.45) is 0 Å². The summed E-state index contributed by atoms with van der Waals surface area (Å²) in [7, 11) is 0. The largest absolute Gasteiger partial charge is 0.458 e. The minimum absolute atomic E-state index is 0.0324. The highest BCUT2D eigenvalue weighted by atomic mass is 32.1. The highest BCUT2D eigenvalue weighted by molar-refractivity contribution is 7.31. The Labute approximate surface area is 347 Å². The van der Waals surface area contributed by atoms with Crippen LogP contribution in [0.25, 0.3) is 21.6 Å². The first-order valence-corrected chi connectivity index (χ1v) is 21.0. The maximum absolute atomic E-state index is 7.02. The predicted molar refractivity (Wildman–Crippen MR) is 247 cm³/mol. The van der Waals surface area contributed by atoms with Gasteiger partial charge in [0.1, 0.15) is 23.0 Å². The third kappa shape index (κ3) is 4.74. The van der Waals surface area contributed by atoms with E-state index in [4.69, 9.17) is 9.47 Å². The predicted octanol–water partition coefficient (Wildman–Crippen LogP) is 9.89. The quantitative estimate of drug-likeness (QED) is 0.167. The van der Waals surface area contributed by atoms with Gasteiger partial charge in [-0.15, -0.1) is 11.3 Å². The standard InChI is InChI=1S/C52H32B2N2O2S/c1-5-17-33(18-6-1)47-50-52(59-51(47)34-19-7-2-8-20-34)54-39-31-38-45(32-46(39)58-44-30-16-28-42(49(44)54)56(50)36-23-11-4-12-24-36)57-43-29-15-27-41-48(43)53(38)37-25-13-14-26-40(37)55(41)35-21-9-3-10-22-35/h1-32H. The summed E-state index contributed by atoms with van der Waals surface area (Å²) >= 11 is 1.91. The average molecular weight is 771 g/mol. The van der Waals surface area contributed by atoms with Crippen molar-refractivity contribution in [2.45, 2.75) is 0 Å². The molecule has 59 heavy (non-hydrogen) atoms. The van der Waals surface area contributed by atoms with Gasteiger partial charge >= 0.3 is 0 Å². The zero-order chi connectivity index (χ0) is 38.6. The van der Waals surface area contributed by atoms with E-state index in [1.165, 1.54) is 54.1 Å². The maximum Gasteiger partial charge on any atom is 0.268 e. The summed E-state index contributed by atoms with van der Waals surface area (Å²) in [5, 5.41) is 0. The monoisotopic (exact) mass is 770 g/mol. The molecule has 5 heterocycles. The first-order valence-electron chi connectivity index (χ1n) is 20.2. The Kier molecular flexibility index (Phi) is 7.04. The highest BCUT2D eigenvalue weighted by Gasteiger charge is 2.48. The number of rotatable bonds is 4. The van der Waals surface area contributed by atoms with E-state index >= 15 is 0 Å². The van der Waals surface area contributed by atoms with E-state index in [1.54, 1.807) is 0 Å². The van der Waals surface area contributed by atoms with Crippen molar-refractivity contribution in [2.75, 3.05) is 9.80 Å². The van der Waals surface area contributed by atoms with Crippen LogP contribution in [-0.4, -0.2) is 13.4 Å². The van der Waals surface area contributed by atoms with Crippen molar-refractivity contribution in [1.82, 2.24) is 0 Å². The minimum atomic E-state index is -0.0774. The van der Waals surface area contributed by atoms with Crippen LogP contribution in [0.1, 0.15) is 0 Å². The lowest BCUT2D eigenvalue weighted by Crippen LogP contribution is -2.62. The van der Waals surface area contributed by atoms with Crippen LogP contribution in [0.15, 0.2) is 194 Å². The molecular weight excluding hydrogens is 738 g/mol. The van der Waals surface area contributed by atoms with Crippen molar-refractivity contribution in [3.8, 4) is 44.6 Å². The summed E-state index contributed by atoms with van der Waals surface area (Å²) in [5.41, 5.74) is 16.5. The molecule has 8 aromatic carbocycles. The molecule has 274 valence electrons. The van der Waals surface area contributed by atoms with Crippen molar-refractivity contribution < 1.29 is 9.47 Å². The number of benzene rings is 8. The Morgan fingerprint density at radius 2 is 0.898 bits per heavy atom. The van der Waals surface area contributed by atoms with Gasteiger partial charge in [0.15, 0.2) is 0 Å². The van der Waals surface area contributed by atoms with Gasteiger partial charge in [0.05, 0.1) is 5.69 Å². The van der Waals surface area contributed by atoms with Crippen molar-refractivity contribution in [3.63, 3.8) is 0 Å². The molecule has 4 aliphatic rings. The van der Waals surface area contributed by atoms with Crippen LogP contribution < -0.4 is 51.4 Å². The topological polar surface area (TPSA) is 24.9 Å². The van der Waals surface area contributed by atoms with Crippen LogP contribution in [0.5, 0.6) is 23.0 Å². The molecule has 0 fully saturated rings. The summed E-state index contributed by atoms with van der Waals surface area (Å²) in [5.74, 6) is 3.43. The molecule has 13 rings (SSSR count). The molecule has 0 atom stereocenters. The molecule has 0 aliphatic carbocycles. The van der Waals surface area contributed by atoms with E-state index < -0.39 is 0 Å². The molecule has 0 saturated carbocycles. The van der Waals surface area contributed by atoms with Crippen LogP contribution in [0.3, 0.4) is 0 Å². The fourth-order valence-electron chi connectivity index (χ4n) is 9.99. The zero-order valence-corrected chi connectivity index (χ0v) is 32.6. The Morgan fingerprint density at radius 3 is 1.56 bits per heavy atom.